The molecule has 1 rings (SSSR count). The molecule has 1 atom stereocenters. The largest absolute Gasteiger partial charge is 0.319 e. The molecule has 1 fully saturated rings. The highest BCUT2D eigenvalue weighted by atomic mass is 35.5. The second-order valence-electron chi connectivity index (χ2n) is 3.90. The Morgan fingerprint density at radius 2 is 2.46 bits per heavy atom. The highest BCUT2D eigenvalue weighted by molar-refractivity contribution is 6.25. The number of halogens is 1. The molecule has 0 amide bonds. The summed E-state index contributed by atoms with van der Waals surface area (Å²) >= 11 is 5.63. The smallest absolute Gasteiger partial charge is 0.0201 e. The van der Waals surface area contributed by atoms with E-state index >= 15 is 0 Å². The third-order valence-electron chi connectivity index (χ3n) is 2.52. The zero-order valence-electron chi connectivity index (χ0n) is 8.52. The highest BCUT2D eigenvalue weighted by Crippen LogP contribution is 2.16. The lowest BCUT2D eigenvalue weighted by molar-refractivity contribution is 0.349. The average molecular weight is 203 g/mol. The third kappa shape index (κ3) is 3.67. The van der Waals surface area contributed by atoms with Crippen LogP contribution in [-0.2, 0) is 0 Å². The molecule has 13 heavy (non-hydrogen) atoms. The Hall–Kier alpha value is -0.0500. The molecule has 0 aromatic heterocycles. The van der Waals surface area contributed by atoms with Crippen LogP contribution in [-0.4, -0.2) is 38.1 Å². The van der Waals surface area contributed by atoms with Gasteiger partial charge in [-0.2, -0.15) is 0 Å². The van der Waals surface area contributed by atoms with Gasteiger partial charge in [-0.1, -0.05) is 11.6 Å². The van der Waals surface area contributed by atoms with Crippen LogP contribution in [0.15, 0.2) is 11.1 Å². The van der Waals surface area contributed by atoms with E-state index in [9.17, 15) is 0 Å². The number of nitrogens with one attached hydrogen (secondary N) is 1. The number of likely N-dealkylation sites (tertiary alicyclic amines) is 1. The second kappa shape index (κ2) is 5.63. The Morgan fingerprint density at radius 3 is 3.08 bits per heavy atom. The van der Waals surface area contributed by atoms with Crippen LogP contribution in [0, 0.1) is 5.92 Å². The summed E-state index contributed by atoms with van der Waals surface area (Å²) in [6.45, 7) is 6.68. The fraction of sp³-hybridized carbons (Fsp3) is 0.800. The fourth-order valence-electron chi connectivity index (χ4n) is 1.90. The van der Waals surface area contributed by atoms with Gasteiger partial charge in [0.05, 0.1) is 0 Å². The SMILES string of the molecule is CNCC1CCN(CC(C)=CCl)C1. The van der Waals surface area contributed by atoms with Crippen LogP contribution in [0.1, 0.15) is 13.3 Å². The van der Waals surface area contributed by atoms with Crippen molar-refractivity contribution in [1.82, 2.24) is 10.2 Å². The molecule has 1 aliphatic rings. The first-order valence-electron chi connectivity index (χ1n) is 4.89. The van der Waals surface area contributed by atoms with Gasteiger partial charge >= 0.3 is 0 Å². The maximum absolute atomic E-state index is 5.63. The van der Waals surface area contributed by atoms with Crippen molar-refractivity contribution in [3.05, 3.63) is 11.1 Å². The van der Waals surface area contributed by atoms with Gasteiger partial charge in [-0.25, -0.2) is 0 Å². The fourth-order valence-corrected chi connectivity index (χ4v) is 1.97. The first kappa shape index (κ1) is 11.0. The summed E-state index contributed by atoms with van der Waals surface area (Å²) in [4.78, 5) is 2.47. The molecule has 0 aliphatic carbocycles. The Labute approximate surface area is 85.9 Å². The summed E-state index contributed by atoms with van der Waals surface area (Å²) in [5.74, 6) is 0.827. The molecule has 0 aromatic carbocycles. The quantitative estimate of drug-likeness (QED) is 0.746. The van der Waals surface area contributed by atoms with Gasteiger partial charge in [0.2, 0.25) is 0 Å². The van der Waals surface area contributed by atoms with Crippen molar-refractivity contribution in [3.8, 4) is 0 Å². The standard InChI is InChI=1S/C10H19ClN2/c1-9(5-11)7-13-4-3-10(8-13)6-12-2/h5,10,12H,3-4,6-8H2,1-2H3. The van der Waals surface area contributed by atoms with Crippen LogP contribution in [0.2, 0.25) is 0 Å². The molecule has 0 radical (unpaired) electrons. The van der Waals surface area contributed by atoms with E-state index in [4.69, 9.17) is 11.6 Å². The van der Waals surface area contributed by atoms with E-state index in [-0.39, 0.29) is 0 Å². The van der Waals surface area contributed by atoms with E-state index in [1.807, 2.05) is 7.05 Å². The molecule has 1 unspecified atom stereocenters. The minimum atomic E-state index is 0.827. The van der Waals surface area contributed by atoms with E-state index in [1.54, 1.807) is 5.54 Å². The van der Waals surface area contributed by atoms with Crippen LogP contribution in [0.3, 0.4) is 0 Å². The maximum Gasteiger partial charge on any atom is 0.0201 e. The molecule has 2 nitrogen and oxygen atoms in total. The molecule has 1 saturated heterocycles. The Morgan fingerprint density at radius 1 is 1.69 bits per heavy atom. The Kier molecular flexibility index (Phi) is 4.78. The molecule has 1 aliphatic heterocycles. The lowest BCUT2D eigenvalue weighted by atomic mass is 10.1. The molecule has 0 spiro atoms. The minimum Gasteiger partial charge on any atom is -0.319 e. The van der Waals surface area contributed by atoms with E-state index in [2.05, 4.69) is 17.1 Å². The maximum atomic E-state index is 5.63. The summed E-state index contributed by atoms with van der Waals surface area (Å²) in [7, 11) is 2.02. The highest BCUT2D eigenvalue weighted by Gasteiger charge is 2.21. The average Bonchev–Trinajstić information content (AvgIpc) is 2.53. The minimum absolute atomic E-state index is 0.827. The monoisotopic (exact) mass is 202 g/mol. The zero-order valence-corrected chi connectivity index (χ0v) is 9.27. The number of nitrogens with zero attached hydrogens (tertiary/aromatic N) is 1. The number of hydrogen-bond donors (Lipinski definition) is 1. The number of rotatable bonds is 4. The summed E-state index contributed by atoms with van der Waals surface area (Å²) in [6, 6.07) is 0. The Bertz CT molecular complexity index is 180. The molecule has 0 bridgehead atoms. The van der Waals surface area contributed by atoms with Gasteiger partial charge < -0.3 is 5.32 Å². The van der Waals surface area contributed by atoms with Gasteiger partial charge in [0, 0.05) is 18.6 Å². The van der Waals surface area contributed by atoms with Crippen molar-refractivity contribution in [2.75, 3.05) is 33.2 Å². The molecule has 76 valence electrons. The predicted molar refractivity (Wildman–Crippen MR) is 58.1 cm³/mol. The third-order valence-corrected chi connectivity index (χ3v) is 2.89. The topological polar surface area (TPSA) is 15.3 Å². The van der Waals surface area contributed by atoms with Gasteiger partial charge in [-0.05, 0) is 45.0 Å². The molecule has 3 heteroatoms. The van der Waals surface area contributed by atoms with Crippen molar-refractivity contribution in [3.63, 3.8) is 0 Å². The molecular formula is C10H19ClN2. The van der Waals surface area contributed by atoms with Gasteiger partial charge in [0.25, 0.3) is 0 Å². The summed E-state index contributed by atoms with van der Waals surface area (Å²) < 4.78 is 0. The van der Waals surface area contributed by atoms with Crippen molar-refractivity contribution in [1.29, 1.82) is 0 Å². The van der Waals surface area contributed by atoms with Gasteiger partial charge in [-0.15, -0.1) is 0 Å². The van der Waals surface area contributed by atoms with Crippen molar-refractivity contribution < 1.29 is 0 Å². The molecular weight excluding hydrogens is 184 g/mol. The van der Waals surface area contributed by atoms with Crippen molar-refractivity contribution >= 4 is 11.6 Å². The predicted octanol–water partition coefficient (Wildman–Crippen LogP) is 1.67. The number of hydrogen-bond acceptors (Lipinski definition) is 2. The van der Waals surface area contributed by atoms with Gasteiger partial charge in [0.1, 0.15) is 0 Å². The van der Waals surface area contributed by atoms with Crippen molar-refractivity contribution in [2.24, 2.45) is 5.92 Å². The second-order valence-corrected chi connectivity index (χ2v) is 4.12. The zero-order chi connectivity index (χ0) is 9.68. The lowest BCUT2D eigenvalue weighted by Crippen LogP contribution is -2.25. The van der Waals surface area contributed by atoms with E-state index < -0.39 is 0 Å². The van der Waals surface area contributed by atoms with Crippen LogP contribution in [0.25, 0.3) is 0 Å². The normalized spacial score (nSPS) is 25.5. The van der Waals surface area contributed by atoms with E-state index in [0.29, 0.717) is 0 Å². The molecule has 1 heterocycles. The lowest BCUT2D eigenvalue weighted by Gasteiger charge is -2.15. The van der Waals surface area contributed by atoms with E-state index in [0.717, 1.165) is 19.0 Å². The van der Waals surface area contributed by atoms with Crippen LogP contribution in [0.5, 0.6) is 0 Å². The van der Waals surface area contributed by atoms with Crippen LogP contribution < -0.4 is 5.32 Å². The van der Waals surface area contributed by atoms with Crippen molar-refractivity contribution in [2.45, 2.75) is 13.3 Å². The first-order valence-corrected chi connectivity index (χ1v) is 5.32. The van der Waals surface area contributed by atoms with Crippen LogP contribution >= 0.6 is 11.6 Å². The van der Waals surface area contributed by atoms with Crippen LogP contribution in [0.4, 0.5) is 0 Å². The molecule has 1 N–H and O–H groups in total. The summed E-state index contributed by atoms with van der Waals surface area (Å²) in [6.07, 6.45) is 1.32. The summed E-state index contributed by atoms with van der Waals surface area (Å²) in [5.41, 5.74) is 2.94. The Balaban J connectivity index is 2.25. The van der Waals surface area contributed by atoms with Gasteiger partial charge in [0.15, 0.2) is 0 Å². The first-order chi connectivity index (χ1) is 6.26. The summed E-state index contributed by atoms with van der Waals surface area (Å²) in [5, 5.41) is 3.23. The van der Waals surface area contributed by atoms with Gasteiger partial charge in [-0.3, -0.25) is 4.90 Å². The van der Waals surface area contributed by atoms with E-state index in [1.165, 1.54) is 25.1 Å². The molecule has 0 aromatic rings. The molecule has 0 saturated carbocycles.